The van der Waals surface area contributed by atoms with Crippen LogP contribution in [-0.2, 0) is 13.0 Å². The second-order valence-electron chi connectivity index (χ2n) is 5.83. The van der Waals surface area contributed by atoms with Crippen molar-refractivity contribution in [2.45, 2.75) is 26.8 Å². The van der Waals surface area contributed by atoms with E-state index in [1.165, 1.54) is 33.9 Å². The van der Waals surface area contributed by atoms with Crippen LogP contribution in [0.25, 0.3) is 10.9 Å². The Morgan fingerprint density at radius 2 is 2.09 bits per heavy atom. The molecule has 2 aromatic heterocycles. The molecule has 5 heteroatoms. The minimum atomic E-state index is -0.0965. The smallest absolute Gasteiger partial charge is 0.252 e. The van der Waals surface area contributed by atoms with Crippen LogP contribution in [0.1, 0.15) is 22.4 Å². The lowest BCUT2D eigenvalue weighted by Gasteiger charge is -2.05. The zero-order chi connectivity index (χ0) is 16.4. The van der Waals surface area contributed by atoms with Crippen molar-refractivity contribution in [1.82, 2.24) is 15.3 Å². The molecule has 0 fully saturated rings. The predicted molar refractivity (Wildman–Crippen MR) is 95.3 cm³/mol. The maximum atomic E-state index is 11.7. The van der Waals surface area contributed by atoms with Crippen LogP contribution < -0.4 is 10.9 Å². The summed E-state index contributed by atoms with van der Waals surface area (Å²) in [6.45, 7) is 5.53. The number of hydrogen-bond donors (Lipinski definition) is 3. The molecule has 0 bridgehead atoms. The van der Waals surface area contributed by atoms with Crippen molar-refractivity contribution in [3.05, 3.63) is 68.2 Å². The van der Waals surface area contributed by atoms with Crippen molar-refractivity contribution >= 4 is 22.5 Å². The van der Waals surface area contributed by atoms with Crippen LogP contribution in [0.15, 0.2) is 35.3 Å². The van der Waals surface area contributed by atoms with Crippen molar-refractivity contribution in [2.24, 2.45) is 0 Å². The van der Waals surface area contributed by atoms with Crippen LogP contribution in [0, 0.1) is 13.8 Å². The molecule has 0 aliphatic heterocycles. The predicted octanol–water partition coefficient (Wildman–Crippen LogP) is 3.46. The van der Waals surface area contributed by atoms with Gasteiger partial charge < -0.3 is 15.3 Å². The summed E-state index contributed by atoms with van der Waals surface area (Å²) in [5.41, 5.74) is 5.57. The number of halogens is 1. The number of rotatable bonds is 5. The minimum absolute atomic E-state index is 0.0965. The first-order valence-corrected chi connectivity index (χ1v) is 8.08. The summed E-state index contributed by atoms with van der Waals surface area (Å²) in [6.07, 6.45) is 2.42. The molecule has 0 aliphatic rings. The van der Waals surface area contributed by atoms with Gasteiger partial charge in [-0.25, -0.2) is 0 Å². The molecule has 0 spiro atoms. The van der Waals surface area contributed by atoms with Crippen molar-refractivity contribution in [1.29, 1.82) is 0 Å². The first-order valence-electron chi connectivity index (χ1n) is 7.71. The van der Waals surface area contributed by atoms with E-state index in [1.807, 2.05) is 0 Å². The molecular weight excluding hydrogens is 310 g/mol. The fourth-order valence-corrected chi connectivity index (χ4v) is 3.13. The third-order valence-corrected chi connectivity index (χ3v) is 4.39. The second-order valence-corrected chi connectivity index (χ2v) is 6.26. The Morgan fingerprint density at radius 3 is 2.91 bits per heavy atom. The van der Waals surface area contributed by atoms with Crippen LogP contribution in [0.4, 0.5) is 0 Å². The summed E-state index contributed by atoms with van der Waals surface area (Å²) < 4.78 is 0. The van der Waals surface area contributed by atoms with Crippen molar-refractivity contribution in [2.75, 3.05) is 6.54 Å². The van der Waals surface area contributed by atoms with Gasteiger partial charge >= 0.3 is 0 Å². The lowest BCUT2D eigenvalue weighted by Crippen LogP contribution is -2.22. The van der Waals surface area contributed by atoms with E-state index in [0.29, 0.717) is 17.1 Å². The molecule has 0 atom stereocenters. The van der Waals surface area contributed by atoms with Gasteiger partial charge in [0.1, 0.15) is 0 Å². The molecule has 3 rings (SSSR count). The topological polar surface area (TPSA) is 60.7 Å². The summed E-state index contributed by atoms with van der Waals surface area (Å²) in [4.78, 5) is 17.8. The number of hydrogen-bond acceptors (Lipinski definition) is 2. The number of pyridine rings is 1. The molecule has 3 N–H and O–H groups in total. The van der Waals surface area contributed by atoms with Gasteiger partial charge in [-0.15, -0.1) is 0 Å². The molecule has 0 saturated heterocycles. The number of fused-ring (bicyclic) bond motifs is 1. The molecule has 23 heavy (non-hydrogen) atoms. The normalized spacial score (nSPS) is 11.3. The summed E-state index contributed by atoms with van der Waals surface area (Å²) >= 11 is 5.91. The van der Waals surface area contributed by atoms with Crippen molar-refractivity contribution in [3.63, 3.8) is 0 Å². The molecule has 0 aliphatic carbocycles. The number of H-pyrrole nitrogens is 2. The van der Waals surface area contributed by atoms with Gasteiger partial charge in [-0.1, -0.05) is 29.8 Å². The van der Waals surface area contributed by atoms with E-state index in [-0.39, 0.29) is 5.56 Å². The summed E-state index contributed by atoms with van der Waals surface area (Å²) in [5.74, 6) is 0. The zero-order valence-electron chi connectivity index (χ0n) is 13.3. The standard InChI is InChI=1S/C18H20ClN3O/c1-11-4-3-5-16-15(12(2)22-17(11)16)6-7-20-9-13-8-14(19)10-21-18(13)23/h3-5,8,10,20,22H,6-7,9H2,1-2H3,(H,21,23). The third-order valence-electron chi connectivity index (χ3n) is 4.18. The molecule has 3 aromatic rings. The Hall–Kier alpha value is -2.04. The average molecular weight is 330 g/mol. The highest BCUT2D eigenvalue weighted by Gasteiger charge is 2.09. The Kier molecular flexibility index (Phi) is 4.55. The fourth-order valence-electron chi connectivity index (χ4n) is 2.94. The molecule has 0 saturated carbocycles. The Morgan fingerprint density at radius 1 is 1.26 bits per heavy atom. The maximum absolute atomic E-state index is 11.7. The largest absolute Gasteiger partial charge is 0.358 e. The van der Waals surface area contributed by atoms with Crippen LogP contribution in [0.2, 0.25) is 5.02 Å². The van der Waals surface area contributed by atoms with E-state index in [0.717, 1.165) is 13.0 Å². The van der Waals surface area contributed by atoms with E-state index in [1.54, 1.807) is 6.07 Å². The maximum Gasteiger partial charge on any atom is 0.252 e. The van der Waals surface area contributed by atoms with Gasteiger partial charge in [0.15, 0.2) is 0 Å². The molecular formula is C18H20ClN3O. The zero-order valence-corrected chi connectivity index (χ0v) is 14.1. The van der Waals surface area contributed by atoms with Crippen LogP contribution in [0.3, 0.4) is 0 Å². The lowest BCUT2D eigenvalue weighted by atomic mass is 10.1. The van der Waals surface area contributed by atoms with Gasteiger partial charge in [-0.2, -0.15) is 0 Å². The van der Waals surface area contributed by atoms with E-state index in [4.69, 9.17) is 11.6 Å². The highest BCUT2D eigenvalue weighted by atomic mass is 35.5. The highest BCUT2D eigenvalue weighted by Crippen LogP contribution is 2.24. The minimum Gasteiger partial charge on any atom is -0.358 e. The Bertz CT molecular complexity index is 895. The number of aryl methyl sites for hydroxylation is 2. The van der Waals surface area contributed by atoms with Gasteiger partial charge in [-0.05, 0) is 44.0 Å². The summed E-state index contributed by atoms with van der Waals surface area (Å²) in [7, 11) is 0. The number of aromatic amines is 2. The number of benzene rings is 1. The Balaban J connectivity index is 1.68. The molecule has 0 amide bonds. The monoisotopic (exact) mass is 329 g/mol. The molecule has 120 valence electrons. The number of nitrogens with one attached hydrogen (secondary N) is 3. The molecule has 0 radical (unpaired) electrons. The Labute approximate surface area is 139 Å². The van der Waals surface area contributed by atoms with Crippen LogP contribution >= 0.6 is 11.6 Å². The van der Waals surface area contributed by atoms with E-state index >= 15 is 0 Å². The second kappa shape index (κ2) is 6.60. The van der Waals surface area contributed by atoms with E-state index in [9.17, 15) is 4.79 Å². The van der Waals surface area contributed by atoms with Crippen LogP contribution in [-0.4, -0.2) is 16.5 Å². The highest BCUT2D eigenvalue weighted by molar-refractivity contribution is 6.30. The first kappa shape index (κ1) is 15.8. The average Bonchev–Trinajstić information content (AvgIpc) is 2.84. The van der Waals surface area contributed by atoms with Crippen molar-refractivity contribution in [3.8, 4) is 0 Å². The van der Waals surface area contributed by atoms with E-state index in [2.05, 4.69) is 47.3 Å². The van der Waals surface area contributed by atoms with Gasteiger partial charge in [0, 0.05) is 34.9 Å². The lowest BCUT2D eigenvalue weighted by molar-refractivity contribution is 0.682. The van der Waals surface area contributed by atoms with Gasteiger partial charge in [0.2, 0.25) is 0 Å². The molecule has 0 unspecified atom stereocenters. The summed E-state index contributed by atoms with van der Waals surface area (Å²) in [5, 5.41) is 5.15. The van der Waals surface area contributed by atoms with E-state index < -0.39 is 0 Å². The van der Waals surface area contributed by atoms with Crippen LogP contribution in [0.5, 0.6) is 0 Å². The third kappa shape index (κ3) is 3.33. The fraction of sp³-hybridized carbons (Fsp3) is 0.278. The van der Waals surface area contributed by atoms with Gasteiger partial charge in [-0.3, -0.25) is 4.79 Å². The number of para-hydroxylation sites is 1. The molecule has 1 aromatic carbocycles. The van der Waals surface area contributed by atoms with Gasteiger partial charge in [0.05, 0.1) is 5.02 Å². The van der Waals surface area contributed by atoms with Crippen molar-refractivity contribution < 1.29 is 0 Å². The SMILES string of the molecule is Cc1[nH]c2c(C)cccc2c1CCNCc1cc(Cl)c[nH]c1=O. The first-order chi connectivity index (χ1) is 11.1. The summed E-state index contributed by atoms with van der Waals surface area (Å²) in [6, 6.07) is 8.07. The quantitative estimate of drug-likeness (QED) is 0.628. The van der Waals surface area contributed by atoms with Gasteiger partial charge in [0.25, 0.3) is 5.56 Å². The number of aromatic nitrogens is 2. The molecule has 2 heterocycles. The molecule has 4 nitrogen and oxygen atoms in total.